The molecule has 0 saturated heterocycles. The van der Waals surface area contributed by atoms with Crippen LogP contribution in [0.2, 0.25) is 0 Å². The number of rotatable bonds is 6. The number of fused-ring (bicyclic) bond motifs is 12. The molecule has 2 fully saturated rings. The van der Waals surface area contributed by atoms with Crippen molar-refractivity contribution in [2.75, 3.05) is 13.2 Å². The molecule has 3 aromatic rings. The van der Waals surface area contributed by atoms with E-state index in [4.69, 9.17) is 33.8 Å². The van der Waals surface area contributed by atoms with Gasteiger partial charge in [0.25, 0.3) is 0 Å². The number of aliphatic imine (C=N–C) groups is 5. The molecule has 12 rings (SSSR count). The van der Waals surface area contributed by atoms with Gasteiger partial charge in [0.1, 0.15) is 29.5 Å². The summed E-state index contributed by atoms with van der Waals surface area (Å²) in [4.78, 5) is 27.7. The number of hydrogen-bond acceptors (Lipinski definition) is 9. The Kier molecular flexibility index (Phi) is 8.56. The zero-order valence-corrected chi connectivity index (χ0v) is 35.2. The second kappa shape index (κ2) is 14.1. The van der Waals surface area contributed by atoms with Gasteiger partial charge in [-0.25, -0.2) is 25.0 Å². The third-order valence-electron chi connectivity index (χ3n) is 14.4. The number of amidine groups is 5. The lowest BCUT2D eigenvalue weighted by molar-refractivity contribution is 0.0630. The number of allylic oxidation sites excluding steroid dienone is 2. The summed E-state index contributed by atoms with van der Waals surface area (Å²) >= 11 is 0. The van der Waals surface area contributed by atoms with Crippen molar-refractivity contribution in [1.29, 1.82) is 0 Å². The van der Waals surface area contributed by atoms with Gasteiger partial charge in [-0.15, -0.1) is 0 Å². The Bertz CT molecular complexity index is 2540. The average Bonchev–Trinajstić information content (AvgIpc) is 3.99. The molecule has 11 heteroatoms. The Morgan fingerprint density at radius 1 is 0.644 bits per heavy atom. The van der Waals surface area contributed by atoms with Crippen molar-refractivity contribution in [3.8, 4) is 0 Å². The molecule has 1 N–H and O–H groups in total. The normalized spacial score (nSPS) is 32.9. The van der Waals surface area contributed by atoms with E-state index in [9.17, 15) is 0 Å². The lowest BCUT2D eigenvalue weighted by Gasteiger charge is -2.44. The van der Waals surface area contributed by atoms with Crippen LogP contribution < -0.4 is 5.32 Å². The van der Waals surface area contributed by atoms with E-state index in [1.165, 1.54) is 31.3 Å². The van der Waals surface area contributed by atoms with Crippen molar-refractivity contribution < 1.29 is 8.85 Å². The molecule has 10 nitrogen and oxygen atoms in total. The summed E-state index contributed by atoms with van der Waals surface area (Å²) in [5.74, 6) is 7.72. The van der Waals surface area contributed by atoms with Crippen molar-refractivity contribution in [2.45, 2.75) is 97.1 Å². The van der Waals surface area contributed by atoms with Gasteiger partial charge >= 0.3 is 8.88 Å². The standard InChI is InChI=1S/C48H52N8O2Si/c1-29-19-23-31(24-20-29)27-57-59(58-28-32-25-21-30(2)22-26-32)55-45-37-15-7-8-16-38(37)47(55)53-43-35-13-5-6-14-36(35)44(50-43)54-48-40-18-10-9-17-39(40)46(56(48)59)52-42-34-12-4-3-11-33(34)41(49-42)51-45/h3,6-11,14-18,29-32,46H,4-5,12-13,19-28H2,1-2H3,(H,49,51,52)/b53-43-,54-48-. The summed E-state index contributed by atoms with van der Waals surface area (Å²) in [5, 5.41) is 6.08. The number of nitrogens with zero attached hydrogens (tertiary/aromatic N) is 7. The molecule has 300 valence electrons. The van der Waals surface area contributed by atoms with Crippen molar-refractivity contribution in [1.82, 2.24) is 14.1 Å². The largest absolute Gasteiger partial charge is 0.599 e. The van der Waals surface area contributed by atoms with E-state index < -0.39 is 15.0 Å². The fraction of sp³-hybridized carbons (Fsp3) is 0.438. The Morgan fingerprint density at radius 2 is 1.22 bits per heavy atom. The maximum absolute atomic E-state index is 7.96. The highest BCUT2D eigenvalue weighted by Crippen LogP contribution is 2.49. The maximum Gasteiger partial charge on any atom is 0.599 e. The van der Waals surface area contributed by atoms with Crippen LogP contribution in [0.25, 0.3) is 10.8 Å². The smallest absolute Gasteiger partial charge is 0.361 e. The molecule has 6 bridgehead atoms. The second-order valence-electron chi connectivity index (χ2n) is 18.3. The molecule has 1 aromatic heterocycles. The Labute approximate surface area is 347 Å². The Hall–Kier alpha value is -4.97. The highest BCUT2D eigenvalue weighted by molar-refractivity contribution is 6.68. The molecule has 0 amide bonds. The van der Waals surface area contributed by atoms with Crippen LogP contribution in [0, 0.1) is 23.7 Å². The minimum absolute atomic E-state index is 0.392. The van der Waals surface area contributed by atoms with Gasteiger partial charge in [0.2, 0.25) is 0 Å². The zero-order chi connectivity index (χ0) is 39.2. The van der Waals surface area contributed by atoms with Crippen LogP contribution in [0.3, 0.4) is 0 Å². The lowest BCUT2D eigenvalue weighted by atomic mass is 9.83. The average molecular weight is 801 g/mol. The van der Waals surface area contributed by atoms with Crippen molar-refractivity contribution in [3.63, 3.8) is 0 Å². The predicted molar refractivity (Wildman–Crippen MR) is 238 cm³/mol. The minimum atomic E-state index is -3.99. The fourth-order valence-corrected chi connectivity index (χ4v) is 14.5. The first-order valence-corrected chi connectivity index (χ1v) is 24.0. The molecule has 0 radical (unpaired) electrons. The number of hydrogen-bond donors (Lipinski definition) is 1. The summed E-state index contributed by atoms with van der Waals surface area (Å²) < 4.78 is 20.7. The summed E-state index contributed by atoms with van der Waals surface area (Å²) in [6.45, 7) is 5.96. The molecule has 1 unspecified atom stereocenters. The molecule has 0 spiro atoms. The first-order valence-electron chi connectivity index (χ1n) is 22.3. The first kappa shape index (κ1) is 35.9. The second-order valence-corrected chi connectivity index (χ2v) is 20.9. The van der Waals surface area contributed by atoms with Crippen LogP contribution in [-0.4, -0.2) is 60.1 Å². The van der Waals surface area contributed by atoms with Gasteiger partial charge in [-0.3, -0.25) is 8.80 Å². The van der Waals surface area contributed by atoms with E-state index in [0.717, 1.165) is 137 Å². The topological polar surface area (TPSA) is 100 Å². The lowest BCUT2D eigenvalue weighted by Crippen LogP contribution is -2.67. The molecule has 5 aliphatic heterocycles. The van der Waals surface area contributed by atoms with Crippen LogP contribution in [0.5, 0.6) is 0 Å². The van der Waals surface area contributed by atoms with Crippen LogP contribution in [0.15, 0.2) is 120 Å². The quantitative estimate of drug-likeness (QED) is 0.251. The van der Waals surface area contributed by atoms with E-state index in [1.54, 1.807) is 0 Å². The number of nitrogens with one attached hydrogen (secondary N) is 1. The predicted octanol–water partition coefficient (Wildman–Crippen LogP) is 10.2. The van der Waals surface area contributed by atoms with E-state index in [0.29, 0.717) is 30.9 Å². The van der Waals surface area contributed by atoms with E-state index in [-0.39, 0.29) is 0 Å². The van der Waals surface area contributed by atoms with Gasteiger partial charge in [0, 0.05) is 57.4 Å². The van der Waals surface area contributed by atoms with E-state index >= 15 is 0 Å². The van der Waals surface area contributed by atoms with Crippen LogP contribution >= 0.6 is 0 Å². The minimum Gasteiger partial charge on any atom is -0.361 e. The van der Waals surface area contributed by atoms with Crippen molar-refractivity contribution in [2.24, 2.45) is 48.6 Å². The molecule has 2 aromatic carbocycles. The number of benzene rings is 2. The molecule has 1 atom stereocenters. The zero-order valence-electron chi connectivity index (χ0n) is 34.2. The monoisotopic (exact) mass is 800 g/mol. The highest BCUT2D eigenvalue weighted by atomic mass is 28.4. The Morgan fingerprint density at radius 3 is 1.90 bits per heavy atom. The van der Waals surface area contributed by atoms with Gasteiger partial charge in [-0.1, -0.05) is 112 Å². The molecule has 9 aliphatic rings. The number of aromatic nitrogens is 1. The summed E-state index contributed by atoms with van der Waals surface area (Å²) in [5.41, 5.74) is 6.66. The van der Waals surface area contributed by atoms with Gasteiger partial charge < -0.3 is 14.2 Å². The van der Waals surface area contributed by atoms with Crippen LogP contribution in [0.1, 0.15) is 108 Å². The molecule has 59 heavy (non-hydrogen) atoms. The van der Waals surface area contributed by atoms with E-state index in [2.05, 4.69) is 101 Å². The van der Waals surface area contributed by atoms with Gasteiger partial charge in [-0.2, -0.15) is 0 Å². The highest BCUT2D eigenvalue weighted by Gasteiger charge is 2.61. The van der Waals surface area contributed by atoms with Crippen LogP contribution in [0.4, 0.5) is 11.6 Å². The fourth-order valence-electron chi connectivity index (χ4n) is 10.9. The van der Waals surface area contributed by atoms with Gasteiger partial charge in [-0.05, 0) is 75.0 Å². The van der Waals surface area contributed by atoms with E-state index in [1.807, 2.05) is 0 Å². The summed E-state index contributed by atoms with van der Waals surface area (Å²) in [6.07, 6.45) is 21.6. The Balaban J connectivity index is 1.19. The third kappa shape index (κ3) is 5.74. The van der Waals surface area contributed by atoms with Crippen molar-refractivity contribution in [3.05, 3.63) is 106 Å². The van der Waals surface area contributed by atoms with Crippen LogP contribution in [-0.2, 0) is 8.85 Å². The molecular formula is C48H52N8O2Si. The third-order valence-corrected chi connectivity index (χ3v) is 17.6. The SMILES string of the molecule is CC1CCC(CO[Si]2(OCC3CCC(C)CC3)N3/C4=N\C5=NC(=N\c6c7ccccc7c(n62)/N=C2\N=C(NC3c3ccccc34)C3=C2C=CCC3)/C2=C5C=CCC2)CC1. The maximum atomic E-state index is 7.96. The first-order chi connectivity index (χ1) is 29.0. The summed E-state index contributed by atoms with van der Waals surface area (Å²) in [7, 11) is -3.99. The van der Waals surface area contributed by atoms with Crippen molar-refractivity contribution >= 4 is 60.5 Å². The van der Waals surface area contributed by atoms with Gasteiger partial charge in [0.15, 0.2) is 17.5 Å². The summed E-state index contributed by atoms with van der Waals surface area (Å²) in [6, 6.07) is 17.4. The van der Waals surface area contributed by atoms with Gasteiger partial charge in [0.05, 0.1) is 0 Å². The molecule has 6 heterocycles. The molecule has 4 aliphatic carbocycles. The molecule has 2 saturated carbocycles. The molecular weight excluding hydrogens is 749 g/mol.